The molecule has 0 heterocycles. The minimum Gasteiger partial charge on any atom is -0.328 e. The number of nitriles is 1. The van der Waals surface area contributed by atoms with Gasteiger partial charge in [0.25, 0.3) is 6.26 Å². The van der Waals surface area contributed by atoms with Crippen LogP contribution in [-0.2, 0) is 18.0 Å². The molecular weight excluding hydrogens is 200 g/mol. The van der Waals surface area contributed by atoms with Crippen molar-refractivity contribution in [1.29, 1.82) is 5.26 Å². The van der Waals surface area contributed by atoms with Crippen molar-refractivity contribution in [3.63, 3.8) is 0 Å². The van der Waals surface area contributed by atoms with E-state index in [1.165, 1.54) is 0 Å². The van der Waals surface area contributed by atoms with Gasteiger partial charge in [-0.15, -0.1) is 5.26 Å². The number of phosphoric ester groups is 1. The van der Waals surface area contributed by atoms with Crippen LogP contribution in [-0.4, -0.2) is 14.7 Å². The zero-order valence-corrected chi connectivity index (χ0v) is 6.61. The minimum absolute atomic E-state index is 0.749. The molecule has 0 aromatic rings. The van der Waals surface area contributed by atoms with Gasteiger partial charge in [-0.2, -0.15) is 4.31 Å². The summed E-state index contributed by atoms with van der Waals surface area (Å²) in [6.45, 7) is 0. The second-order valence-corrected chi connectivity index (χ2v) is 3.98. The third-order valence-corrected chi connectivity index (χ3v) is 2.35. The lowest BCUT2D eigenvalue weighted by molar-refractivity contribution is 0.221. The van der Waals surface area contributed by atoms with Crippen molar-refractivity contribution >= 4 is 15.6 Å². The normalized spacial score (nSPS) is 16.5. The van der Waals surface area contributed by atoms with E-state index >= 15 is 0 Å². The van der Waals surface area contributed by atoms with Crippen LogP contribution in [0.15, 0.2) is 0 Å². The summed E-state index contributed by atoms with van der Waals surface area (Å²) in [5.41, 5.74) is 0. The molecule has 0 spiro atoms. The predicted octanol–water partition coefficient (Wildman–Crippen LogP) is -0.306. The summed E-state index contributed by atoms with van der Waals surface area (Å²) < 4.78 is 26.6. The highest BCUT2D eigenvalue weighted by atomic mass is 31.3. The van der Waals surface area contributed by atoms with E-state index in [-0.39, 0.29) is 0 Å². The van der Waals surface area contributed by atoms with Crippen LogP contribution in [0.3, 0.4) is 0 Å². The third kappa shape index (κ3) is 6.01. The molecule has 1 unspecified atom stereocenters. The maximum absolute atomic E-state index is 10.2. The first kappa shape index (κ1) is 10.6. The first-order chi connectivity index (χ1) is 4.77. The van der Waals surface area contributed by atoms with E-state index in [9.17, 15) is 9.13 Å². The second-order valence-electron chi connectivity index (χ2n) is 1.22. The van der Waals surface area contributed by atoms with E-state index in [0.717, 1.165) is 6.26 Å². The van der Waals surface area contributed by atoms with Crippen molar-refractivity contribution in [2.75, 3.05) is 0 Å². The maximum atomic E-state index is 10.2. The van der Waals surface area contributed by atoms with Gasteiger partial charge < -0.3 is 14.3 Å². The third-order valence-electron chi connectivity index (χ3n) is 0.366. The Hall–Kier alpha value is -0.410. The predicted molar refractivity (Wildman–Crippen MR) is 29.7 cm³/mol. The fourth-order valence-electron chi connectivity index (χ4n) is 0.203. The van der Waals surface area contributed by atoms with Crippen molar-refractivity contribution in [3.05, 3.63) is 0 Å². The molecule has 8 nitrogen and oxygen atoms in total. The van der Waals surface area contributed by atoms with Gasteiger partial charge in [0.05, 0.1) is 0 Å². The van der Waals surface area contributed by atoms with Crippen LogP contribution in [0.4, 0.5) is 0 Å². The summed E-state index contributed by atoms with van der Waals surface area (Å²) >= 11 is 0. The van der Waals surface area contributed by atoms with Gasteiger partial charge in [-0.25, -0.2) is 9.13 Å². The van der Waals surface area contributed by atoms with Crippen molar-refractivity contribution < 1.29 is 32.6 Å². The summed E-state index contributed by atoms with van der Waals surface area (Å²) in [5.74, 6) is 0. The molecule has 10 heteroatoms. The van der Waals surface area contributed by atoms with Crippen LogP contribution in [0.25, 0.3) is 0 Å². The van der Waals surface area contributed by atoms with E-state index in [0.29, 0.717) is 0 Å². The molecule has 0 fully saturated rings. The second kappa shape index (κ2) is 3.32. The first-order valence-corrected chi connectivity index (χ1v) is 4.97. The molecule has 3 N–H and O–H groups in total. The number of hydrogen-bond donors (Lipinski definition) is 3. The molecule has 0 aliphatic heterocycles. The largest absolute Gasteiger partial charge is 0.546 e. The van der Waals surface area contributed by atoms with E-state index in [4.69, 9.17) is 19.9 Å². The highest BCUT2D eigenvalue weighted by Crippen LogP contribution is 2.57. The van der Waals surface area contributed by atoms with E-state index in [1.54, 1.807) is 0 Å². The van der Waals surface area contributed by atoms with Gasteiger partial charge in [-0.05, 0) is 0 Å². The Morgan fingerprint density at radius 1 is 1.27 bits per heavy atom. The van der Waals surface area contributed by atoms with Crippen molar-refractivity contribution in [2.24, 2.45) is 0 Å². The first-order valence-electron chi connectivity index (χ1n) is 1.94. The van der Waals surface area contributed by atoms with Gasteiger partial charge in [0.1, 0.15) is 0 Å². The van der Waals surface area contributed by atoms with Gasteiger partial charge in [-0.1, -0.05) is 0 Å². The number of rotatable bonds is 3. The van der Waals surface area contributed by atoms with Crippen LogP contribution in [0.1, 0.15) is 0 Å². The van der Waals surface area contributed by atoms with E-state index < -0.39 is 15.6 Å². The van der Waals surface area contributed by atoms with Gasteiger partial charge in [0, 0.05) is 0 Å². The van der Waals surface area contributed by atoms with Crippen LogP contribution in [0.2, 0.25) is 0 Å². The Labute approximate surface area is 60.8 Å². The maximum Gasteiger partial charge on any atom is 0.546 e. The van der Waals surface area contributed by atoms with Crippen LogP contribution in [0, 0.1) is 11.5 Å². The molecule has 0 aliphatic rings. The lowest BCUT2D eigenvalue weighted by Gasteiger charge is -2.06. The molecule has 0 rings (SSSR count). The molecule has 1 atom stereocenters. The lowest BCUT2D eigenvalue weighted by atomic mass is 11.6. The SMILES string of the molecule is N#COP(=O)(O)OP(=O)(O)O. The van der Waals surface area contributed by atoms with Gasteiger partial charge in [0.15, 0.2) is 0 Å². The topological polar surface area (TPSA) is 137 Å². The summed E-state index contributed by atoms with van der Waals surface area (Å²) in [6.07, 6.45) is 0.749. The molecule has 0 bridgehead atoms. The van der Waals surface area contributed by atoms with Crippen molar-refractivity contribution in [3.8, 4) is 6.26 Å². The summed E-state index contributed by atoms with van der Waals surface area (Å²) in [4.78, 5) is 24.1. The fourth-order valence-corrected chi connectivity index (χ4v) is 1.51. The Morgan fingerprint density at radius 3 is 2.00 bits per heavy atom. The van der Waals surface area contributed by atoms with Gasteiger partial charge in [0.2, 0.25) is 0 Å². The van der Waals surface area contributed by atoms with E-state index in [1.807, 2.05) is 0 Å². The van der Waals surface area contributed by atoms with Gasteiger partial charge in [-0.3, -0.25) is 4.89 Å². The molecule has 0 amide bonds. The van der Waals surface area contributed by atoms with E-state index in [2.05, 4.69) is 8.83 Å². The smallest absolute Gasteiger partial charge is 0.328 e. The molecule has 0 aromatic heterocycles. The number of phosphoric acid groups is 2. The van der Waals surface area contributed by atoms with Crippen molar-refractivity contribution in [2.45, 2.75) is 0 Å². The molecule has 11 heavy (non-hydrogen) atoms. The Morgan fingerprint density at radius 2 is 1.73 bits per heavy atom. The zero-order valence-electron chi connectivity index (χ0n) is 4.82. The fraction of sp³-hybridized carbons (Fsp3) is 0. The minimum atomic E-state index is -5.11. The van der Waals surface area contributed by atoms with Crippen LogP contribution < -0.4 is 0 Å². The summed E-state index contributed by atoms with van der Waals surface area (Å²) in [7, 11) is -10.0. The zero-order chi connectivity index (χ0) is 9.12. The average molecular weight is 203 g/mol. The Bertz CT molecular complexity index is 258. The molecule has 0 aromatic carbocycles. The molecule has 0 aliphatic carbocycles. The van der Waals surface area contributed by atoms with Crippen LogP contribution in [0.5, 0.6) is 0 Å². The highest BCUT2D eigenvalue weighted by Gasteiger charge is 2.33. The Balaban J connectivity index is 4.29. The summed E-state index contributed by atoms with van der Waals surface area (Å²) in [6, 6.07) is 0. The quantitative estimate of drug-likeness (QED) is 0.419. The molecule has 0 saturated carbocycles. The molecule has 0 saturated heterocycles. The monoisotopic (exact) mass is 203 g/mol. The molecular formula is CH3NO7P2. The molecule has 0 radical (unpaired) electrons. The molecule has 64 valence electrons. The average Bonchev–Trinajstić information content (AvgIpc) is 1.55. The van der Waals surface area contributed by atoms with Crippen molar-refractivity contribution in [1.82, 2.24) is 0 Å². The number of nitrogens with zero attached hydrogens (tertiary/aromatic N) is 1. The highest BCUT2D eigenvalue weighted by molar-refractivity contribution is 7.60. The standard InChI is InChI=1S/CH3NO7P2/c2-1-8-11(6,7)9-10(3,4)5/h(H,6,7)(H2,3,4,5). The van der Waals surface area contributed by atoms with Crippen LogP contribution >= 0.6 is 15.6 Å². The summed E-state index contributed by atoms with van der Waals surface area (Å²) in [5, 5.41) is 7.66. The number of hydrogen-bond acceptors (Lipinski definition) is 5. The Kier molecular flexibility index (Phi) is 3.20. The van der Waals surface area contributed by atoms with Gasteiger partial charge >= 0.3 is 15.6 Å². The lowest BCUT2D eigenvalue weighted by Crippen LogP contribution is -1.88.